The number of carbonyl (C=O) groups excluding carboxylic acids is 8. The number of hydrogen-bond acceptors (Lipinski definition) is 16. The average Bonchev–Trinajstić information content (AvgIpc) is 4.18. The minimum atomic E-state index is -1.48. The first-order valence-electron chi connectivity index (χ1n) is 22.5. The van der Waals surface area contributed by atoms with Crippen LogP contribution < -0.4 is 15.1 Å². The van der Waals surface area contributed by atoms with Crippen LogP contribution in [0.2, 0.25) is 10.0 Å². The third-order valence-corrected chi connectivity index (χ3v) is 12.6. The highest BCUT2D eigenvalue weighted by Gasteiger charge is 2.38. The predicted octanol–water partition coefficient (Wildman–Crippen LogP) is 3.87. The van der Waals surface area contributed by atoms with Gasteiger partial charge in [-0.15, -0.1) is 5.06 Å². The van der Waals surface area contributed by atoms with E-state index in [1.807, 2.05) is 18.2 Å². The highest BCUT2D eigenvalue weighted by molar-refractivity contribution is 6.31. The van der Waals surface area contributed by atoms with E-state index < -0.39 is 47.7 Å². The van der Waals surface area contributed by atoms with Gasteiger partial charge in [0.25, 0.3) is 35.4 Å². The molecule has 7 saturated heterocycles. The standard InChI is InChI=1S/C20H25ClN4O4.C15H22ClN3.C9H8N2O7/c21-16-3-4-17(23-7-1-2-8-23)15(13-16)14-22-9-11-24(12-10-22)20(28)29-25-18(26)5-6-19(25)27;16-14-3-4-15(19-7-1-2-8-19)13(11-14)12-18-9-5-17-6-10-18;12-5-1-2-6(13)10(5)17-9(16)18-11-7(14)3-4-8(11)15/h3-4,13H,1-2,5-12,14H2;3-4,11,17H,1-2,5-10,12H2;1-4H2. The van der Waals surface area contributed by atoms with Gasteiger partial charge in [0.15, 0.2) is 0 Å². The number of amides is 7. The molecule has 0 aromatic heterocycles. The first-order chi connectivity index (χ1) is 31.8. The highest BCUT2D eigenvalue weighted by Crippen LogP contribution is 2.30. The number of benzene rings is 2. The van der Waals surface area contributed by atoms with Gasteiger partial charge in [0.1, 0.15) is 0 Å². The van der Waals surface area contributed by atoms with Crippen molar-refractivity contribution in [2.24, 2.45) is 0 Å². The molecular formula is C44H55Cl2N9O11. The van der Waals surface area contributed by atoms with Gasteiger partial charge in [0, 0.05) is 152 Å². The molecule has 22 heteroatoms. The summed E-state index contributed by atoms with van der Waals surface area (Å²) in [5.74, 6) is -3.66. The van der Waals surface area contributed by atoms with E-state index in [1.54, 1.807) is 0 Å². The highest BCUT2D eigenvalue weighted by atomic mass is 35.5. The van der Waals surface area contributed by atoms with Crippen molar-refractivity contribution in [1.29, 1.82) is 0 Å². The second-order valence-corrected chi connectivity index (χ2v) is 17.6. The van der Waals surface area contributed by atoms with Crippen molar-refractivity contribution in [3.05, 3.63) is 57.6 Å². The van der Waals surface area contributed by atoms with Gasteiger partial charge < -0.3 is 24.9 Å². The van der Waals surface area contributed by atoms with Crippen LogP contribution >= 0.6 is 23.2 Å². The molecule has 1 N–H and O–H groups in total. The van der Waals surface area contributed by atoms with Crippen LogP contribution in [0, 0.1) is 0 Å². The fourth-order valence-corrected chi connectivity index (χ4v) is 9.00. The van der Waals surface area contributed by atoms with Gasteiger partial charge in [-0.1, -0.05) is 33.3 Å². The van der Waals surface area contributed by atoms with Crippen molar-refractivity contribution >= 4 is 82.3 Å². The number of hydroxylamine groups is 6. The van der Waals surface area contributed by atoms with Gasteiger partial charge in [0.05, 0.1) is 0 Å². The summed E-state index contributed by atoms with van der Waals surface area (Å²) in [5, 5.41) is 6.10. The Kier molecular flexibility index (Phi) is 16.7. The molecule has 9 rings (SSSR count). The van der Waals surface area contributed by atoms with E-state index in [2.05, 4.69) is 52.8 Å². The maximum absolute atomic E-state index is 12.3. The van der Waals surface area contributed by atoms with Crippen molar-refractivity contribution in [3.8, 4) is 0 Å². The third-order valence-electron chi connectivity index (χ3n) is 12.1. The Labute approximate surface area is 392 Å². The van der Waals surface area contributed by atoms with Crippen LogP contribution in [0.1, 0.15) is 75.3 Å². The Bertz CT molecular complexity index is 2070. The molecule has 2 aromatic carbocycles. The van der Waals surface area contributed by atoms with Crippen LogP contribution in [0.25, 0.3) is 0 Å². The fourth-order valence-electron chi connectivity index (χ4n) is 8.61. The SMILES string of the molecule is Clc1ccc(N2CCCC2)c(CN2CCNCC2)c1.O=C(ON1C(=O)CCC1=O)N1CCN(Cc2cc(Cl)ccc2N2CCCC2)CC1.O=C(ON1C(=O)CCC1=O)ON1C(=O)CCC1=O. The minimum absolute atomic E-state index is 0.0618. The second kappa shape index (κ2) is 22.8. The maximum Gasteiger partial charge on any atom is 0.560 e. The summed E-state index contributed by atoms with van der Waals surface area (Å²) in [4.78, 5) is 116. The number of imide groups is 3. The van der Waals surface area contributed by atoms with E-state index in [1.165, 1.54) is 66.2 Å². The van der Waals surface area contributed by atoms with Gasteiger partial charge in [-0.2, -0.15) is 4.79 Å². The van der Waals surface area contributed by atoms with E-state index >= 15 is 0 Å². The molecule has 0 radical (unpaired) electrons. The molecule has 356 valence electrons. The molecule has 0 aliphatic carbocycles. The Morgan fingerprint density at radius 3 is 1.24 bits per heavy atom. The molecule has 20 nitrogen and oxygen atoms in total. The van der Waals surface area contributed by atoms with Gasteiger partial charge in [-0.25, -0.2) is 4.79 Å². The minimum Gasteiger partial charge on any atom is -0.371 e. The molecule has 0 unspecified atom stereocenters. The normalized spacial score (nSPS) is 20.5. The van der Waals surface area contributed by atoms with Crippen molar-refractivity contribution in [1.82, 2.24) is 35.2 Å². The summed E-state index contributed by atoms with van der Waals surface area (Å²) < 4.78 is 0. The molecule has 0 spiro atoms. The maximum atomic E-state index is 12.3. The number of hydrogen-bond donors (Lipinski definition) is 1. The zero-order chi connectivity index (χ0) is 46.7. The lowest BCUT2D eigenvalue weighted by Crippen LogP contribution is -2.50. The number of anilines is 2. The molecule has 0 atom stereocenters. The Morgan fingerprint density at radius 1 is 0.485 bits per heavy atom. The van der Waals surface area contributed by atoms with Crippen LogP contribution in [0.5, 0.6) is 0 Å². The molecule has 2 aromatic rings. The molecule has 7 aliphatic rings. The molecule has 7 aliphatic heterocycles. The number of rotatable bonds is 9. The van der Waals surface area contributed by atoms with E-state index in [-0.39, 0.29) is 48.7 Å². The van der Waals surface area contributed by atoms with Gasteiger partial charge in [-0.3, -0.25) is 48.2 Å². The number of nitrogens with one attached hydrogen (secondary N) is 1. The number of nitrogens with zero attached hydrogens (tertiary/aromatic N) is 8. The quantitative estimate of drug-likeness (QED) is 0.355. The Balaban J connectivity index is 0.000000154. The fraction of sp³-hybridized carbons (Fsp3) is 0.545. The van der Waals surface area contributed by atoms with E-state index in [0.717, 1.165) is 62.4 Å². The lowest BCUT2D eigenvalue weighted by molar-refractivity contribution is -0.198. The lowest BCUT2D eigenvalue weighted by atomic mass is 10.1. The molecule has 7 heterocycles. The van der Waals surface area contributed by atoms with E-state index in [0.29, 0.717) is 31.2 Å². The molecule has 7 amide bonds. The monoisotopic (exact) mass is 955 g/mol. The topological polar surface area (TPSA) is 202 Å². The van der Waals surface area contributed by atoms with Crippen LogP contribution in [-0.2, 0) is 56.4 Å². The number of carbonyl (C=O) groups is 8. The molecule has 66 heavy (non-hydrogen) atoms. The summed E-state index contributed by atoms with van der Waals surface area (Å²) >= 11 is 12.4. The zero-order valence-corrected chi connectivity index (χ0v) is 38.3. The van der Waals surface area contributed by atoms with Crippen molar-refractivity contribution in [2.75, 3.05) is 88.3 Å². The summed E-state index contributed by atoms with van der Waals surface area (Å²) in [6.07, 6.45) is 2.87. The molecule has 7 fully saturated rings. The first kappa shape index (κ1) is 48.4. The van der Waals surface area contributed by atoms with Crippen molar-refractivity contribution < 1.29 is 52.9 Å². The molecular weight excluding hydrogens is 901 g/mol. The smallest absolute Gasteiger partial charge is 0.371 e. The van der Waals surface area contributed by atoms with Gasteiger partial charge >= 0.3 is 12.2 Å². The summed E-state index contributed by atoms with van der Waals surface area (Å²) in [6, 6.07) is 12.4. The van der Waals surface area contributed by atoms with Crippen molar-refractivity contribution in [3.63, 3.8) is 0 Å². The largest absolute Gasteiger partial charge is 0.560 e. The van der Waals surface area contributed by atoms with Gasteiger partial charge in [0.2, 0.25) is 0 Å². The summed E-state index contributed by atoms with van der Waals surface area (Å²) in [6.45, 7) is 13.1. The Hall–Kier alpha value is -5.54. The van der Waals surface area contributed by atoms with Crippen molar-refractivity contribution in [2.45, 2.75) is 77.3 Å². The average molecular weight is 957 g/mol. The number of piperazine rings is 2. The third kappa shape index (κ3) is 12.7. The van der Waals surface area contributed by atoms with Crippen LogP contribution in [0.3, 0.4) is 0 Å². The lowest BCUT2D eigenvalue weighted by Gasteiger charge is -2.35. The predicted molar refractivity (Wildman–Crippen MR) is 238 cm³/mol. The van der Waals surface area contributed by atoms with Crippen LogP contribution in [0.4, 0.5) is 21.0 Å². The second-order valence-electron chi connectivity index (χ2n) is 16.8. The van der Waals surface area contributed by atoms with E-state index in [4.69, 9.17) is 28.0 Å². The zero-order valence-electron chi connectivity index (χ0n) is 36.8. The Morgan fingerprint density at radius 2 is 0.848 bits per heavy atom. The summed E-state index contributed by atoms with van der Waals surface area (Å²) in [5.41, 5.74) is 5.21. The molecule has 0 saturated carbocycles. The van der Waals surface area contributed by atoms with Crippen LogP contribution in [-0.4, -0.2) is 156 Å². The first-order valence-corrected chi connectivity index (χ1v) is 23.2. The van der Waals surface area contributed by atoms with E-state index in [9.17, 15) is 38.4 Å². The number of halogens is 2. The van der Waals surface area contributed by atoms with Crippen LogP contribution in [0.15, 0.2) is 36.4 Å². The van der Waals surface area contributed by atoms with Gasteiger partial charge in [-0.05, 0) is 73.2 Å². The molecule has 0 bridgehead atoms. The summed E-state index contributed by atoms with van der Waals surface area (Å²) in [7, 11) is 0.